The second-order valence-corrected chi connectivity index (χ2v) is 7.43. The number of rotatable bonds is 1. The largest absolute Gasteiger partial charge is 0.473 e. The molecule has 3 aliphatic rings. The van der Waals surface area contributed by atoms with Crippen LogP contribution in [0.3, 0.4) is 0 Å². The van der Waals surface area contributed by atoms with Crippen LogP contribution in [0.4, 0.5) is 0 Å². The Morgan fingerprint density at radius 1 is 1.31 bits per heavy atom. The van der Waals surface area contributed by atoms with Crippen molar-refractivity contribution in [3.05, 3.63) is 53.5 Å². The molecule has 5 nitrogen and oxygen atoms in total. The highest BCUT2D eigenvalue weighted by Crippen LogP contribution is 2.48. The Bertz CT molecular complexity index is 846. The maximum Gasteiger partial charge on any atom is 0.216 e. The van der Waals surface area contributed by atoms with Gasteiger partial charge in [0.2, 0.25) is 5.88 Å². The van der Waals surface area contributed by atoms with Gasteiger partial charge in [-0.3, -0.25) is 0 Å². The number of aromatic nitrogens is 2. The summed E-state index contributed by atoms with van der Waals surface area (Å²) in [5.74, 6) is 0.929. The van der Waals surface area contributed by atoms with Crippen LogP contribution in [0.15, 0.2) is 52.9 Å². The minimum atomic E-state index is -0.375. The van der Waals surface area contributed by atoms with E-state index in [4.69, 9.17) is 4.74 Å². The molecule has 0 aromatic carbocycles. The molecule has 0 bridgehead atoms. The van der Waals surface area contributed by atoms with E-state index in [-0.39, 0.29) is 16.8 Å². The fourth-order valence-electron chi connectivity index (χ4n) is 3.44. The molecule has 0 N–H and O–H groups in total. The summed E-state index contributed by atoms with van der Waals surface area (Å²) in [4.78, 5) is 12.5. The van der Waals surface area contributed by atoms with Crippen molar-refractivity contribution in [2.24, 2.45) is 10.9 Å². The molecule has 1 aliphatic carbocycles. The molecular formula is C20H22N4OS. The number of fused-ring (bicyclic) bond motifs is 2. The van der Waals surface area contributed by atoms with Gasteiger partial charge in [-0.2, -0.15) is 17.9 Å². The topological polar surface area (TPSA) is 71.2 Å². The first-order valence-electron chi connectivity index (χ1n) is 8.82. The van der Waals surface area contributed by atoms with E-state index in [9.17, 15) is 5.26 Å². The normalized spacial score (nSPS) is 30.4. The molecule has 1 fully saturated rings. The zero-order chi connectivity index (χ0) is 18.7. The van der Waals surface area contributed by atoms with Crippen LogP contribution in [0, 0.1) is 17.2 Å². The number of hydrogen-bond donors (Lipinski definition) is 1. The molecule has 1 saturated carbocycles. The number of nitriles is 1. The molecule has 0 saturated heterocycles. The smallest absolute Gasteiger partial charge is 0.216 e. The van der Waals surface area contributed by atoms with Crippen molar-refractivity contribution in [1.82, 2.24) is 9.97 Å². The lowest BCUT2D eigenvalue weighted by atomic mass is 9.95. The number of aliphatic imine (C=N–C) groups is 1. The second-order valence-electron chi connectivity index (χ2n) is 6.47. The van der Waals surface area contributed by atoms with Gasteiger partial charge in [-0.05, 0) is 18.9 Å². The average molecular weight is 366 g/mol. The van der Waals surface area contributed by atoms with Gasteiger partial charge in [0, 0.05) is 42.1 Å². The monoisotopic (exact) mass is 366 g/mol. The zero-order valence-electron chi connectivity index (χ0n) is 15.2. The summed E-state index contributed by atoms with van der Waals surface area (Å²) in [7, 11) is 0. The van der Waals surface area contributed by atoms with E-state index in [1.54, 1.807) is 18.6 Å². The Labute approximate surface area is 159 Å². The van der Waals surface area contributed by atoms with Gasteiger partial charge >= 0.3 is 0 Å². The first-order chi connectivity index (χ1) is 12.6. The van der Waals surface area contributed by atoms with E-state index < -0.39 is 0 Å². The molecule has 3 atom stereocenters. The van der Waals surface area contributed by atoms with Gasteiger partial charge < -0.3 is 4.74 Å². The molecule has 1 aromatic rings. The number of allylic oxidation sites excluding steroid dienone is 2. The van der Waals surface area contributed by atoms with Gasteiger partial charge in [-0.15, -0.1) is 0 Å². The number of hydrogen-bond acceptors (Lipinski definition) is 6. The van der Waals surface area contributed by atoms with Crippen molar-refractivity contribution >= 4 is 24.4 Å². The van der Waals surface area contributed by atoms with Crippen LogP contribution < -0.4 is 0 Å². The molecule has 6 heteroatoms. The predicted octanol–water partition coefficient (Wildman–Crippen LogP) is 4.13. The van der Waals surface area contributed by atoms with Crippen molar-refractivity contribution in [3.63, 3.8) is 0 Å². The summed E-state index contributed by atoms with van der Waals surface area (Å²) in [5.41, 5.74) is 3.63. The molecule has 0 spiro atoms. The van der Waals surface area contributed by atoms with Crippen molar-refractivity contribution in [2.75, 3.05) is 0 Å². The zero-order valence-corrected chi connectivity index (χ0v) is 16.1. The van der Waals surface area contributed by atoms with Gasteiger partial charge in [0.05, 0.1) is 16.4 Å². The van der Waals surface area contributed by atoms with Crippen molar-refractivity contribution < 1.29 is 4.74 Å². The standard InChI is InChI=1S/C18H16N4OS.C2H6/c1-18(24)3-2-13-14-4-11(5-16(14)23-17(13)22-9-18)15(6-19)12-7-20-10-21-8-12;1-2/h2-3,7-10,14,16,24H,4-5H2,1H3;1-2H3/b15-11-;. The van der Waals surface area contributed by atoms with Crippen LogP contribution in [-0.2, 0) is 4.74 Å². The molecule has 134 valence electrons. The fraction of sp³-hybridized carbons (Fsp3) is 0.400. The Kier molecular flexibility index (Phi) is 5.28. The number of thiol groups is 1. The van der Waals surface area contributed by atoms with Crippen LogP contribution >= 0.6 is 12.6 Å². The maximum absolute atomic E-state index is 9.59. The first kappa shape index (κ1) is 18.4. The number of ether oxygens (including phenoxy) is 1. The first-order valence-corrected chi connectivity index (χ1v) is 9.27. The van der Waals surface area contributed by atoms with Crippen LogP contribution in [0.25, 0.3) is 5.57 Å². The van der Waals surface area contributed by atoms with Crippen LogP contribution in [0.1, 0.15) is 39.2 Å². The van der Waals surface area contributed by atoms with Gasteiger partial charge in [0.1, 0.15) is 12.4 Å². The average Bonchev–Trinajstić information content (AvgIpc) is 3.15. The van der Waals surface area contributed by atoms with Crippen LogP contribution in [0.5, 0.6) is 0 Å². The minimum Gasteiger partial charge on any atom is -0.473 e. The van der Waals surface area contributed by atoms with Crippen molar-refractivity contribution in [3.8, 4) is 6.07 Å². The van der Waals surface area contributed by atoms with Gasteiger partial charge in [-0.1, -0.05) is 26.0 Å². The van der Waals surface area contributed by atoms with Gasteiger partial charge in [0.15, 0.2) is 0 Å². The highest BCUT2D eigenvalue weighted by Gasteiger charge is 2.43. The van der Waals surface area contributed by atoms with Gasteiger partial charge in [0.25, 0.3) is 0 Å². The highest BCUT2D eigenvalue weighted by atomic mass is 32.1. The number of nitrogens with zero attached hydrogens (tertiary/aromatic N) is 4. The summed E-state index contributed by atoms with van der Waals surface area (Å²) in [5, 5.41) is 9.59. The lowest BCUT2D eigenvalue weighted by Gasteiger charge is -2.13. The Morgan fingerprint density at radius 3 is 2.73 bits per heavy atom. The van der Waals surface area contributed by atoms with Crippen molar-refractivity contribution in [1.29, 1.82) is 5.26 Å². The SMILES string of the molecule is CC.CC1(S)C=CC2=C(N=C1)OC1C/C(=C(/C#N)c3cncnc3)CC21. The maximum atomic E-state index is 9.59. The van der Waals surface area contributed by atoms with E-state index in [0.29, 0.717) is 11.5 Å². The minimum absolute atomic E-state index is 0.0454. The molecule has 0 radical (unpaired) electrons. The van der Waals surface area contributed by atoms with Crippen LogP contribution in [-0.4, -0.2) is 27.0 Å². The summed E-state index contributed by atoms with van der Waals surface area (Å²) in [6, 6.07) is 2.32. The molecule has 2 aliphatic heterocycles. The third-order valence-corrected chi connectivity index (χ3v) is 4.89. The quantitative estimate of drug-likeness (QED) is 0.599. The Morgan fingerprint density at radius 2 is 2.04 bits per heavy atom. The Balaban J connectivity index is 0.000000948. The lowest BCUT2D eigenvalue weighted by molar-refractivity contribution is 0.129. The molecule has 3 heterocycles. The third kappa shape index (κ3) is 3.45. The van der Waals surface area contributed by atoms with Crippen molar-refractivity contribution in [2.45, 2.75) is 44.5 Å². The molecule has 3 unspecified atom stereocenters. The summed E-state index contributed by atoms with van der Waals surface area (Å²) in [6.07, 6.45) is 12.3. The van der Waals surface area contributed by atoms with Gasteiger partial charge in [-0.25, -0.2) is 15.0 Å². The fourth-order valence-corrected chi connectivity index (χ4v) is 3.57. The molecule has 4 rings (SSSR count). The summed E-state index contributed by atoms with van der Waals surface area (Å²) in [6.45, 7) is 5.99. The van der Waals surface area contributed by atoms with E-state index >= 15 is 0 Å². The highest BCUT2D eigenvalue weighted by molar-refractivity contribution is 7.82. The summed E-state index contributed by atoms with van der Waals surface area (Å²) >= 11 is 4.56. The predicted molar refractivity (Wildman–Crippen MR) is 106 cm³/mol. The molecule has 1 aromatic heterocycles. The van der Waals surface area contributed by atoms with E-state index in [1.165, 1.54) is 6.33 Å². The van der Waals surface area contributed by atoms with E-state index in [1.807, 2.05) is 26.8 Å². The lowest BCUT2D eigenvalue weighted by Crippen LogP contribution is -2.15. The Hall–Kier alpha value is -2.39. The third-order valence-electron chi connectivity index (χ3n) is 4.63. The second kappa shape index (κ2) is 7.46. The van der Waals surface area contributed by atoms with E-state index in [2.05, 4.69) is 39.7 Å². The molecule has 26 heavy (non-hydrogen) atoms. The van der Waals surface area contributed by atoms with E-state index in [0.717, 1.165) is 29.6 Å². The van der Waals surface area contributed by atoms with Crippen LogP contribution in [0.2, 0.25) is 0 Å². The molecule has 0 amide bonds. The summed E-state index contributed by atoms with van der Waals surface area (Å²) < 4.78 is 5.67. The molecular weight excluding hydrogens is 344 g/mol.